The first-order chi connectivity index (χ1) is 6.83. The SMILES string of the molecule is Nc1c(Br)cc(C=O)cc1OC(F)(F)F. The molecule has 7 heteroatoms. The molecule has 82 valence electrons. The number of nitrogen functional groups attached to an aromatic ring is 1. The third-order valence-corrected chi connectivity index (χ3v) is 2.13. The van der Waals surface area contributed by atoms with Crippen LogP contribution in [0, 0.1) is 0 Å². The van der Waals surface area contributed by atoms with Crippen LogP contribution in [-0.2, 0) is 0 Å². The quantitative estimate of drug-likeness (QED) is 0.671. The predicted molar refractivity (Wildman–Crippen MR) is 50.6 cm³/mol. The standard InChI is InChI=1S/C8H5BrF3NO2/c9-5-1-4(3-14)2-6(7(5)13)15-8(10,11)12/h1-3H,13H2. The Bertz CT molecular complexity index is 392. The zero-order valence-corrected chi connectivity index (χ0v) is 8.72. The van der Waals surface area contributed by atoms with Gasteiger partial charge in [0.25, 0.3) is 0 Å². The number of nitrogens with two attached hydrogens (primary N) is 1. The van der Waals surface area contributed by atoms with Gasteiger partial charge in [-0.3, -0.25) is 4.79 Å². The number of halogens is 4. The highest BCUT2D eigenvalue weighted by molar-refractivity contribution is 9.10. The van der Waals surface area contributed by atoms with Gasteiger partial charge in [0, 0.05) is 10.0 Å². The van der Waals surface area contributed by atoms with Crippen LogP contribution in [0.4, 0.5) is 18.9 Å². The summed E-state index contributed by atoms with van der Waals surface area (Å²) >= 11 is 2.91. The van der Waals surface area contributed by atoms with E-state index in [1.54, 1.807) is 0 Å². The van der Waals surface area contributed by atoms with Gasteiger partial charge in [-0.05, 0) is 28.1 Å². The molecule has 0 bridgehead atoms. The number of carbonyl (C=O) groups is 1. The van der Waals surface area contributed by atoms with E-state index in [0.717, 1.165) is 6.07 Å². The van der Waals surface area contributed by atoms with Crippen LogP contribution < -0.4 is 10.5 Å². The van der Waals surface area contributed by atoms with Crippen LogP contribution in [0.5, 0.6) is 5.75 Å². The second-order valence-corrected chi connectivity index (χ2v) is 3.43. The number of anilines is 1. The highest BCUT2D eigenvalue weighted by Gasteiger charge is 2.32. The summed E-state index contributed by atoms with van der Waals surface area (Å²) in [5, 5.41) is 0. The lowest BCUT2D eigenvalue weighted by Crippen LogP contribution is -2.18. The van der Waals surface area contributed by atoms with Gasteiger partial charge in [0.15, 0.2) is 5.75 Å². The van der Waals surface area contributed by atoms with Crippen molar-refractivity contribution in [2.75, 3.05) is 5.73 Å². The second-order valence-electron chi connectivity index (χ2n) is 2.58. The Morgan fingerprint density at radius 2 is 2.00 bits per heavy atom. The minimum absolute atomic E-state index is 0.0373. The Labute approximate surface area is 91.1 Å². The first kappa shape index (κ1) is 11.8. The minimum atomic E-state index is -4.84. The largest absolute Gasteiger partial charge is 0.573 e. The molecule has 0 aliphatic rings. The number of benzene rings is 1. The zero-order chi connectivity index (χ0) is 11.6. The van der Waals surface area contributed by atoms with Gasteiger partial charge in [-0.2, -0.15) is 0 Å². The Kier molecular flexibility index (Phi) is 3.23. The van der Waals surface area contributed by atoms with Crippen LogP contribution >= 0.6 is 15.9 Å². The van der Waals surface area contributed by atoms with E-state index in [1.165, 1.54) is 6.07 Å². The van der Waals surface area contributed by atoms with Crippen LogP contribution in [0.2, 0.25) is 0 Å². The first-order valence-corrected chi connectivity index (χ1v) is 4.42. The van der Waals surface area contributed by atoms with Crippen LogP contribution in [0.25, 0.3) is 0 Å². The molecule has 1 aromatic carbocycles. The molecule has 0 heterocycles. The molecule has 0 fully saturated rings. The Balaban J connectivity index is 3.16. The summed E-state index contributed by atoms with van der Waals surface area (Å²) in [5.74, 6) is -0.598. The third-order valence-electron chi connectivity index (χ3n) is 1.48. The monoisotopic (exact) mass is 283 g/mol. The second kappa shape index (κ2) is 4.09. The maximum Gasteiger partial charge on any atom is 0.573 e. The van der Waals surface area contributed by atoms with E-state index >= 15 is 0 Å². The summed E-state index contributed by atoms with van der Waals surface area (Å²) in [6.07, 6.45) is -4.44. The van der Waals surface area contributed by atoms with E-state index in [2.05, 4.69) is 20.7 Å². The molecule has 0 amide bonds. The lowest BCUT2D eigenvalue weighted by atomic mass is 10.2. The van der Waals surface area contributed by atoms with E-state index < -0.39 is 12.1 Å². The summed E-state index contributed by atoms with van der Waals surface area (Å²) < 4.78 is 39.5. The van der Waals surface area contributed by atoms with E-state index in [1.807, 2.05) is 0 Å². The van der Waals surface area contributed by atoms with Gasteiger partial charge < -0.3 is 10.5 Å². The average Bonchev–Trinajstić information content (AvgIpc) is 2.10. The van der Waals surface area contributed by atoms with E-state index in [4.69, 9.17) is 5.73 Å². The fraction of sp³-hybridized carbons (Fsp3) is 0.125. The van der Waals surface area contributed by atoms with E-state index in [0.29, 0.717) is 6.29 Å². The van der Waals surface area contributed by atoms with E-state index in [9.17, 15) is 18.0 Å². The Morgan fingerprint density at radius 1 is 1.40 bits per heavy atom. The zero-order valence-electron chi connectivity index (χ0n) is 7.14. The Hall–Kier alpha value is -1.24. The molecule has 0 spiro atoms. The number of alkyl halides is 3. The number of hydrogen-bond donors (Lipinski definition) is 1. The number of carbonyl (C=O) groups excluding carboxylic acids is 1. The molecular formula is C8H5BrF3NO2. The summed E-state index contributed by atoms with van der Waals surface area (Å²) in [4.78, 5) is 10.4. The number of aldehydes is 1. The molecule has 15 heavy (non-hydrogen) atoms. The summed E-state index contributed by atoms with van der Waals surface area (Å²) in [5.41, 5.74) is 5.15. The molecule has 0 radical (unpaired) electrons. The van der Waals surface area contributed by atoms with E-state index in [-0.39, 0.29) is 15.7 Å². The van der Waals surface area contributed by atoms with Crippen LogP contribution in [0.15, 0.2) is 16.6 Å². The lowest BCUT2D eigenvalue weighted by molar-refractivity contribution is -0.274. The summed E-state index contributed by atoms with van der Waals surface area (Å²) in [7, 11) is 0. The van der Waals surface area contributed by atoms with Gasteiger partial charge in [-0.25, -0.2) is 0 Å². The number of hydrogen-bond acceptors (Lipinski definition) is 3. The minimum Gasteiger partial charge on any atom is -0.404 e. The molecule has 0 aliphatic heterocycles. The predicted octanol–water partition coefficient (Wildman–Crippen LogP) is 2.74. The van der Waals surface area contributed by atoms with Crippen molar-refractivity contribution in [3.8, 4) is 5.75 Å². The Morgan fingerprint density at radius 3 is 2.47 bits per heavy atom. The molecule has 1 rings (SSSR count). The van der Waals surface area contributed by atoms with Crippen molar-refractivity contribution in [2.24, 2.45) is 0 Å². The smallest absolute Gasteiger partial charge is 0.404 e. The average molecular weight is 284 g/mol. The highest BCUT2D eigenvalue weighted by Crippen LogP contribution is 2.34. The first-order valence-electron chi connectivity index (χ1n) is 3.63. The van der Waals surface area contributed by atoms with Crippen LogP contribution in [0.1, 0.15) is 10.4 Å². The van der Waals surface area contributed by atoms with Gasteiger partial charge in [0.1, 0.15) is 6.29 Å². The van der Waals surface area contributed by atoms with Crippen LogP contribution in [-0.4, -0.2) is 12.6 Å². The fourth-order valence-corrected chi connectivity index (χ4v) is 1.35. The number of ether oxygens (including phenoxy) is 1. The molecule has 0 saturated heterocycles. The molecule has 0 unspecified atom stereocenters. The third kappa shape index (κ3) is 3.12. The lowest BCUT2D eigenvalue weighted by Gasteiger charge is -2.12. The molecule has 0 saturated carbocycles. The van der Waals surface area contributed by atoms with Crippen molar-refractivity contribution in [3.63, 3.8) is 0 Å². The molecule has 0 aliphatic carbocycles. The van der Waals surface area contributed by atoms with Crippen molar-refractivity contribution in [2.45, 2.75) is 6.36 Å². The van der Waals surface area contributed by atoms with Crippen molar-refractivity contribution < 1.29 is 22.7 Å². The van der Waals surface area contributed by atoms with Gasteiger partial charge in [0.2, 0.25) is 0 Å². The van der Waals surface area contributed by atoms with Crippen molar-refractivity contribution >= 4 is 27.9 Å². The van der Waals surface area contributed by atoms with Gasteiger partial charge >= 0.3 is 6.36 Å². The molecule has 3 nitrogen and oxygen atoms in total. The van der Waals surface area contributed by atoms with Crippen molar-refractivity contribution in [1.29, 1.82) is 0 Å². The van der Waals surface area contributed by atoms with Crippen molar-refractivity contribution in [3.05, 3.63) is 22.2 Å². The maximum absolute atomic E-state index is 11.9. The molecular weight excluding hydrogens is 279 g/mol. The number of rotatable bonds is 2. The molecule has 1 aromatic rings. The molecule has 0 aromatic heterocycles. The fourth-order valence-electron chi connectivity index (χ4n) is 0.890. The molecule has 0 atom stereocenters. The van der Waals surface area contributed by atoms with Gasteiger partial charge in [0.05, 0.1) is 5.69 Å². The van der Waals surface area contributed by atoms with Gasteiger partial charge in [-0.15, -0.1) is 13.2 Å². The molecule has 2 N–H and O–H groups in total. The van der Waals surface area contributed by atoms with Crippen molar-refractivity contribution in [1.82, 2.24) is 0 Å². The maximum atomic E-state index is 11.9. The van der Waals surface area contributed by atoms with Crippen LogP contribution in [0.3, 0.4) is 0 Å². The normalized spacial score (nSPS) is 11.2. The van der Waals surface area contributed by atoms with Gasteiger partial charge in [-0.1, -0.05) is 0 Å². The summed E-state index contributed by atoms with van der Waals surface area (Å²) in [6, 6.07) is 2.21. The summed E-state index contributed by atoms with van der Waals surface area (Å²) in [6.45, 7) is 0. The highest BCUT2D eigenvalue weighted by atomic mass is 79.9. The topological polar surface area (TPSA) is 52.3 Å².